The monoisotopic (exact) mass is 330 g/mol. The molecule has 130 valence electrons. The quantitative estimate of drug-likeness (QED) is 0.571. The maximum absolute atomic E-state index is 13.8. The van der Waals surface area contributed by atoms with Crippen molar-refractivity contribution < 1.29 is 9.50 Å². The van der Waals surface area contributed by atoms with Gasteiger partial charge in [-0.2, -0.15) is 0 Å². The standard InChI is InChI=1S/C20H27FN2O/c1-2-3-4-5-6-7-8-9-10-16-14-22-20(23-15-16)18-12-11-17(24)13-19(18)21/h11-15,24H,2-10H2,1H3. The molecule has 0 spiro atoms. The van der Waals surface area contributed by atoms with Gasteiger partial charge in [0, 0.05) is 18.5 Å². The van der Waals surface area contributed by atoms with Crippen molar-refractivity contribution in [2.24, 2.45) is 0 Å². The summed E-state index contributed by atoms with van der Waals surface area (Å²) in [6.45, 7) is 2.24. The fraction of sp³-hybridized carbons (Fsp3) is 0.500. The van der Waals surface area contributed by atoms with Gasteiger partial charge in [0.25, 0.3) is 0 Å². The molecule has 1 aromatic carbocycles. The number of hydrogen-bond donors (Lipinski definition) is 1. The van der Waals surface area contributed by atoms with E-state index in [0.29, 0.717) is 11.4 Å². The van der Waals surface area contributed by atoms with Crippen LogP contribution in [0.3, 0.4) is 0 Å². The van der Waals surface area contributed by atoms with Crippen LogP contribution < -0.4 is 0 Å². The third-order valence-electron chi connectivity index (χ3n) is 4.22. The van der Waals surface area contributed by atoms with E-state index < -0.39 is 5.82 Å². The van der Waals surface area contributed by atoms with Gasteiger partial charge >= 0.3 is 0 Å². The number of rotatable bonds is 10. The first-order valence-electron chi connectivity index (χ1n) is 9.00. The topological polar surface area (TPSA) is 46.0 Å². The second-order valence-electron chi connectivity index (χ2n) is 6.30. The van der Waals surface area contributed by atoms with Gasteiger partial charge in [-0.25, -0.2) is 14.4 Å². The van der Waals surface area contributed by atoms with E-state index in [1.807, 2.05) is 0 Å². The third kappa shape index (κ3) is 5.91. The Kier molecular flexibility index (Phi) is 7.66. The largest absolute Gasteiger partial charge is 0.508 e. The smallest absolute Gasteiger partial charge is 0.162 e. The number of aryl methyl sites for hydroxylation is 1. The summed E-state index contributed by atoms with van der Waals surface area (Å²) in [5, 5.41) is 9.25. The predicted octanol–water partition coefficient (Wildman–Crippen LogP) is 5.67. The Morgan fingerprint density at radius 1 is 0.917 bits per heavy atom. The van der Waals surface area contributed by atoms with Gasteiger partial charge in [-0.3, -0.25) is 0 Å². The molecule has 2 aromatic rings. The molecular formula is C20H27FN2O. The molecule has 0 aliphatic rings. The molecule has 2 rings (SSSR count). The molecule has 24 heavy (non-hydrogen) atoms. The first-order valence-corrected chi connectivity index (χ1v) is 9.00. The highest BCUT2D eigenvalue weighted by atomic mass is 19.1. The summed E-state index contributed by atoms with van der Waals surface area (Å²) in [4.78, 5) is 8.51. The number of phenolic OH excluding ortho intramolecular Hbond substituents is 1. The highest BCUT2D eigenvalue weighted by Crippen LogP contribution is 2.22. The van der Waals surface area contributed by atoms with Crippen molar-refractivity contribution >= 4 is 0 Å². The van der Waals surface area contributed by atoms with Crippen LogP contribution >= 0.6 is 0 Å². The zero-order valence-corrected chi connectivity index (χ0v) is 14.5. The van der Waals surface area contributed by atoms with Gasteiger partial charge in [-0.1, -0.05) is 51.9 Å². The van der Waals surface area contributed by atoms with Crippen LogP contribution in [0.1, 0.15) is 63.9 Å². The lowest BCUT2D eigenvalue weighted by molar-refractivity contribution is 0.469. The van der Waals surface area contributed by atoms with Crippen LogP contribution in [0.15, 0.2) is 30.6 Å². The lowest BCUT2D eigenvalue weighted by Gasteiger charge is -2.05. The van der Waals surface area contributed by atoms with Crippen molar-refractivity contribution in [3.05, 3.63) is 42.0 Å². The van der Waals surface area contributed by atoms with E-state index in [2.05, 4.69) is 16.9 Å². The first kappa shape index (κ1) is 18.4. The number of unbranched alkanes of at least 4 members (excludes halogenated alkanes) is 7. The van der Waals surface area contributed by atoms with Crippen LogP contribution in [0.25, 0.3) is 11.4 Å². The van der Waals surface area contributed by atoms with Gasteiger partial charge in [-0.05, 0) is 30.5 Å². The highest BCUT2D eigenvalue weighted by molar-refractivity contribution is 5.56. The van der Waals surface area contributed by atoms with Crippen LogP contribution in [0.4, 0.5) is 4.39 Å². The minimum Gasteiger partial charge on any atom is -0.508 e. The van der Waals surface area contributed by atoms with Crippen molar-refractivity contribution in [1.29, 1.82) is 0 Å². The average Bonchev–Trinajstić information content (AvgIpc) is 2.58. The van der Waals surface area contributed by atoms with Crippen LogP contribution in [0.5, 0.6) is 5.75 Å². The van der Waals surface area contributed by atoms with Crippen LogP contribution in [-0.4, -0.2) is 15.1 Å². The number of aromatic hydroxyl groups is 1. The molecule has 0 amide bonds. The average molecular weight is 330 g/mol. The van der Waals surface area contributed by atoms with Gasteiger partial charge in [0.1, 0.15) is 11.6 Å². The lowest BCUT2D eigenvalue weighted by Crippen LogP contribution is -1.95. The molecule has 0 atom stereocenters. The van der Waals surface area contributed by atoms with E-state index in [9.17, 15) is 9.50 Å². The van der Waals surface area contributed by atoms with Crippen LogP contribution in [-0.2, 0) is 6.42 Å². The normalized spacial score (nSPS) is 10.9. The zero-order valence-electron chi connectivity index (χ0n) is 14.5. The molecule has 1 N–H and O–H groups in total. The SMILES string of the molecule is CCCCCCCCCCc1cnc(-c2ccc(O)cc2F)nc1. The predicted molar refractivity (Wildman–Crippen MR) is 95.4 cm³/mol. The molecule has 0 radical (unpaired) electrons. The van der Waals surface area contributed by atoms with Gasteiger partial charge in [0.05, 0.1) is 5.56 Å². The second-order valence-corrected chi connectivity index (χ2v) is 6.30. The van der Waals surface area contributed by atoms with E-state index in [1.54, 1.807) is 12.4 Å². The van der Waals surface area contributed by atoms with E-state index in [4.69, 9.17) is 0 Å². The molecule has 0 aliphatic carbocycles. The summed E-state index contributed by atoms with van der Waals surface area (Å²) >= 11 is 0. The van der Waals surface area contributed by atoms with Crippen molar-refractivity contribution in [1.82, 2.24) is 9.97 Å². The molecule has 1 aromatic heterocycles. The molecule has 0 saturated heterocycles. The molecule has 0 fully saturated rings. The van der Waals surface area contributed by atoms with E-state index in [-0.39, 0.29) is 5.75 Å². The first-order chi connectivity index (χ1) is 11.7. The fourth-order valence-corrected chi connectivity index (χ4v) is 2.77. The van der Waals surface area contributed by atoms with Gasteiger partial charge < -0.3 is 5.11 Å². The molecule has 0 unspecified atom stereocenters. The number of halogens is 1. The lowest BCUT2D eigenvalue weighted by atomic mass is 10.1. The third-order valence-corrected chi connectivity index (χ3v) is 4.22. The van der Waals surface area contributed by atoms with Crippen molar-refractivity contribution in [3.8, 4) is 17.1 Å². The Hall–Kier alpha value is -1.97. The summed E-state index contributed by atoms with van der Waals surface area (Å²) in [7, 11) is 0. The summed E-state index contributed by atoms with van der Waals surface area (Å²) in [5.41, 5.74) is 1.40. The molecule has 0 saturated carbocycles. The zero-order chi connectivity index (χ0) is 17.2. The van der Waals surface area contributed by atoms with E-state index >= 15 is 0 Å². The number of nitrogens with zero attached hydrogens (tertiary/aromatic N) is 2. The molecule has 4 heteroatoms. The summed E-state index contributed by atoms with van der Waals surface area (Å²) in [5.74, 6) is -0.249. The summed E-state index contributed by atoms with van der Waals surface area (Å²) in [6, 6.07) is 4.02. The Morgan fingerprint density at radius 2 is 1.54 bits per heavy atom. The number of aromatic nitrogens is 2. The minimum absolute atomic E-state index is 0.0948. The molecule has 0 bridgehead atoms. The van der Waals surface area contributed by atoms with Crippen molar-refractivity contribution in [2.45, 2.75) is 64.7 Å². The minimum atomic E-state index is -0.508. The number of phenols is 1. The highest BCUT2D eigenvalue weighted by Gasteiger charge is 2.08. The van der Waals surface area contributed by atoms with E-state index in [1.165, 1.54) is 57.1 Å². The second kappa shape index (κ2) is 10.0. The maximum atomic E-state index is 13.8. The molecular weight excluding hydrogens is 303 g/mol. The van der Waals surface area contributed by atoms with Crippen LogP contribution in [0, 0.1) is 5.82 Å². The number of hydrogen-bond acceptors (Lipinski definition) is 3. The van der Waals surface area contributed by atoms with E-state index in [0.717, 1.165) is 24.5 Å². The van der Waals surface area contributed by atoms with Crippen molar-refractivity contribution in [2.75, 3.05) is 0 Å². The Morgan fingerprint density at radius 3 is 2.17 bits per heavy atom. The summed E-state index contributed by atoms with van der Waals surface area (Å²) in [6.07, 6.45) is 14.9. The van der Waals surface area contributed by atoms with Crippen molar-refractivity contribution in [3.63, 3.8) is 0 Å². The Bertz CT molecular complexity index is 614. The molecule has 0 aliphatic heterocycles. The van der Waals surface area contributed by atoms with Crippen LogP contribution in [0.2, 0.25) is 0 Å². The van der Waals surface area contributed by atoms with Gasteiger partial charge in [0.15, 0.2) is 5.82 Å². The molecule has 3 nitrogen and oxygen atoms in total. The Balaban J connectivity index is 1.74. The number of benzene rings is 1. The summed E-state index contributed by atoms with van der Waals surface area (Å²) < 4.78 is 13.8. The molecule has 1 heterocycles. The maximum Gasteiger partial charge on any atom is 0.162 e. The Labute approximate surface area is 144 Å². The fourth-order valence-electron chi connectivity index (χ4n) is 2.77. The van der Waals surface area contributed by atoms with Gasteiger partial charge in [-0.15, -0.1) is 0 Å². The van der Waals surface area contributed by atoms with Gasteiger partial charge in [0.2, 0.25) is 0 Å².